The van der Waals surface area contributed by atoms with Crippen LogP contribution in [0.2, 0.25) is 0 Å². The van der Waals surface area contributed by atoms with Crippen molar-refractivity contribution in [3.05, 3.63) is 0 Å². The molecule has 0 aromatic heterocycles. The molecule has 1 unspecified atom stereocenters. The van der Waals surface area contributed by atoms with E-state index < -0.39 is 12.0 Å². The normalized spacial score (nSPS) is 24.7. The second kappa shape index (κ2) is 7.22. The van der Waals surface area contributed by atoms with Crippen molar-refractivity contribution in [1.29, 1.82) is 0 Å². The number of carbonyl (C=O) groups is 1. The van der Waals surface area contributed by atoms with Crippen molar-refractivity contribution >= 4 is 5.97 Å². The monoisotopic (exact) mass is 269 g/mol. The van der Waals surface area contributed by atoms with Gasteiger partial charge in [-0.3, -0.25) is 9.69 Å². The molecule has 1 saturated carbocycles. The molecule has 1 aliphatic carbocycles. The summed E-state index contributed by atoms with van der Waals surface area (Å²) in [5.41, 5.74) is 0. The van der Waals surface area contributed by atoms with Gasteiger partial charge in [-0.15, -0.1) is 0 Å². The van der Waals surface area contributed by atoms with Gasteiger partial charge >= 0.3 is 5.97 Å². The Labute approximate surface area is 115 Å². The number of carboxylic acid groups (broad SMARTS) is 1. The zero-order chi connectivity index (χ0) is 13.7. The third-order valence-corrected chi connectivity index (χ3v) is 4.63. The second-order valence-corrected chi connectivity index (χ2v) is 5.78. The highest BCUT2D eigenvalue weighted by atomic mass is 16.4. The second-order valence-electron chi connectivity index (χ2n) is 5.78. The Morgan fingerprint density at radius 2 is 1.89 bits per heavy atom. The first-order valence-electron chi connectivity index (χ1n) is 7.57. The summed E-state index contributed by atoms with van der Waals surface area (Å²) in [6.07, 6.45) is 6.23. The highest BCUT2D eigenvalue weighted by Crippen LogP contribution is 2.24. The van der Waals surface area contributed by atoms with E-state index in [1.54, 1.807) is 7.05 Å². The first-order valence-corrected chi connectivity index (χ1v) is 7.57. The maximum atomic E-state index is 10.9. The van der Waals surface area contributed by atoms with Crippen LogP contribution in [0.3, 0.4) is 0 Å². The molecule has 0 spiro atoms. The number of rotatable bonds is 6. The van der Waals surface area contributed by atoms with Gasteiger partial charge in [0.1, 0.15) is 6.04 Å². The van der Waals surface area contributed by atoms with Crippen LogP contribution in [0.25, 0.3) is 0 Å². The van der Waals surface area contributed by atoms with Crippen molar-refractivity contribution in [3.63, 3.8) is 0 Å². The van der Waals surface area contributed by atoms with E-state index in [4.69, 9.17) is 5.11 Å². The number of carboxylic acids is 1. The maximum Gasteiger partial charge on any atom is 0.320 e. The van der Waals surface area contributed by atoms with E-state index in [9.17, 15) is 4.79 Å². The Hall–Kier alpha value is -0.650. The number of aliphatic carboxylic acids is 1. The third kappa shape index (κ3) is 4.16. The van der Waals surface area contributed by atoms with Crippen LogP contribution in [0.1, 0.15) is 32.1 Å². The van der Waals surface area contributed by atoms with Crippen LogP contribution in [0.4, 0.5) is 0 Å². The molecule has 1 heterocycles. The van der Waals surface area contributed by atoms with Crippen LogP contribution >= 0.6 is 0 Å². The van der Waals surface area contributed by atoms with Crippen molar-refractivity contribution in [2.45, 2.75) is 44.2 Å². The summed E-state index contributed by atoms with van der Waals surface area (Å²) in [5.74, 6) is -0.743. The Bertz CT molecular complexity index is 284. The molecule has 5 nitrogen and oxygen atoms in total. The smallest absolute Gasteiger partial charge is 0.320 e. The van der Waals surface area contributed by atoms with Gasteiger partial charge in [-0.05, 0) is 26.3 Å². The molecule has 110 valence electrons. The zero-order valence-electron chi connectivity index (χ0n) is 12.0. The summed E-state index contributed by atoms with van der Waals surface area (Å²) < 4.78 is 0. The average molecular weight is 269 g/mol. The fraction of sp³-hybridized carbons (Fsp3) is 0.929. The van der Waals surface area contributed by atoms with Crippen molar-refractivity contribution in [3.8, 4) is 0 Å². The number of nitrogens with one attached hydrogen (secondary N) is 1. The average Bonchev–Trinajstić information content (AvgIpc) is 2.94. The molecule has 0 amide bonds. The molecule has 2 aliphatic rings. The van der Waals surface area contributed by atoms with Gasteiger partial charge in [-0.2, -0.15) is 0 Å². The van der Waals surface area contributed by atoms with E-state index in [0.29, 0.717) is 6.42 Å². The minimum absolute atomic E-state index is 0.409. The molecular formula is C14H27N3O2. The number of piperazine rings is 1. The summed E-state index contributed by atoms with van der Waals surface area (Å²) in [6, 6.07) is 0.416. The van der Waals surface area contributed by atoms with Crippen LogP contribution in [0.5, 0.6) is 0 Å². The molecule has 0 bridgehead atoms. The fourth-order valence-electron chi connectivity index (χ4n) is 3.32. The lowest BCUT2D eigenvalue weighted by atomic mass is 10.1. The number of hydrogen-bond acceptors (Lipinski definition) is 4. The van der Waals surface area contributed by atoms with Crippen molar-refractivity contribution in [2.75, 3.05) is 39.8 Å². The van der Waals surface area contributed by atoms with E-state index in [2.05, 4.69) is 15.1 Å². The van der Waals surface area contributed by atoms with Gasteiger partial charge in [0.05, 0.1) is 0 Å². The van der Waals surface area contributed by atoms with E-state index in [-0.39, 0.29) is 0 Å². The van der Waals surface area contributed by atoms with Crippen molar-refractivity contribution in [2.24, 2.45) is 0 Å². The fourth-order valence-corrected chi connectivity index (χ4v) is 3.32. The molecule has 0 aromatic carbocycles. The Morgan fingerprint density at radius 3 is 2.42 bits per heavy atom. The summed E-state index contributed by atoms with van der Waals surface area (Å²) in [6.45, 7) is 5.37. The number of likely N-dealkylation sites (N-methyl/N-ethyl adjacent to an activating group) is 1. The minimum Gasteiger partial charge on any atom is -0.480 e. The topological polar surface area (TPSA) is 55.8 Å². The summed E-state index contributed by atoms with van der Waals surface area (Å²) >= 11 is 0. The lowest BCUT2D eigenvalue weighted by molar-refractivity contribution is -0.139. The lowest BCUT2D eigenvalue weighted by Crippen LogP contribution is -2.50. The predicted molar refractivity (Wildman–Crippen MR) is 75.4 cm³/mol. The van der Waals surface area contributed by atoms with Crippen LogP contribution in [0.15, 0.2) is 0 Å². The molecule has 0 radical (unpaired) electrons. The van der Waals surface area contributed by atoms with E-state index in [0.717, 1.165) is 38.8 Å². The molecule has 2 rings (SSSR count). The molecule has 1 aliphatic heterocycles. The van der Waals surface area contributed by atoms with Gasteiger partial charge in [-0.1, -0.05) is 12.8 Å². The standard InChI is InChI=1S/C14H27N3O2/c1-15-13(14(18)19)6-7-16-8-10-17(11-9-16)12-4-2-3-5-12/h12-13,15H,2-11H2,1H3,(H,18,19). The SMILES string of the molecule is CNC(CCN1CCN(C2CCCC2)CC1)C(=O)O. The number of nitrogens with zero attached hydrogens (tertiary/aromatic N) is 2. The molecule has 1 saturated heterocycles. The molecule has 5 heteroatoms. The Morgan fingerprint density at radius 1 is 1.26 bits per heavy atom. The Kier molecular flexibility index (Phi) is 5.60. The summed E-state index contributed by atoms with van der Waals surface area (Å²) in [7, 11) is 1.72. The molecule has 19 heavy (non-hydrogen) atoms. The zero-order valence-corrected chi connectivity index (χ0v) is 12.0. The van der Waals surface area contributed by atoms with Gasteiger partial charge in [0.15, 0.2) is 0 Å². The van der Waals surface area contributed by atoms with Crippen LogP contribution in [-0.4, -0.2) is 72.7 Å². The molecular weight excluding hydrogens is 242 g/mol. The molecule has 0 aromatic rings. The van der Waals surface area contributed by atoms with Crippen molar-refractivity contribution in [1.82, 2.24) is 15.1 Å². The minimum atomic E-state index is -0.743. The molecule has 2 N–H and O–H groups in total. The maximum absolute atomic E-state index is 10.9. The van der Waals surface area contributed by atoms with Gasteiger partial charge in [0.2, 0.25) is 0 Å². The largest absolute Gasteiger partial charge is 0.480 e. The van der Waals surface area contributed by atoms with Crippen LogP contribution < -0.4 is 5.32 Å². The van der Waals surface area contributed by atoms with Gasteiger partial charge < -0.3 is 15.3 Å². The van der Waals surface area contributed by atoms with E-state index in [1.807, 2.05) is 0 Å². The summed E-state index contributed by atoms with van der Waals surface area (Å²) in [4.78, 5) is 16.0. The first kappa shape index (κ1) is 14.8. The lowest BCUT2D eigenvalue weighted by Gasteiger charge is -2.38. The summed E-state index contributed by atoms with van der Waals surface area (Å²) in [5, 5.41) is 11.9. The van der Waals surface area contributed by atoms with E-state index in [1.165, 1.54) is 25.7 Å². The van der Waals surface area contributed by atoms with Gasteiger partial charge in [0, 0.05) is 38.8 Å². The highest BCUT2D eigenvalue weighted by Gasteiger charge is 2.26. The van der Waals surface area contributed by atoms with Crippen molar-refractivity contribution < 1.29 is 9.90 Å². The number of hydrogen-bond donors (Lipinski definition) is 2. The third-order valence-electron chi connectivity index (χ3n) is 4.63. The highest BCUT2D eigenvalue weighted by molar-refractivity contribution is 5.73. The quantitative estimate of drug-likeness (QED) is 0.740. The Balaban J connectivity index is 1.67. The van der Waals surface area contributed by atoms with Gasteiger partial charge in [0.25, 0.3) is 0 Å². The first-order chi connectivity index (χ1) is 9.20. The predicted octanol–water partition coefficient (Wildman–Crippen LogP) is 0.609. The molecule has 2 fully saturated rings. The van der Waals surface area contributed by atoms with Crippen LogP contribution in [0, 0.1) is 0 Å². The van der Waals surface area contributed by atoms with Crippen LogP contribution in [-0.2, 0) is 4.79 Å². The molecule has 1 atom stereocenters. The van der Waals surface area contributed by atoms with Gasteiger partial charge in [-0.25, -0.2) is 0 Å². The van der Waals surface area contributed by atoms with E-state index >= 15 is 0 Å².